The second kappa shape index (κ2) is 10.6. The van der Waals surface area contributed by atoms with Gasteiger partial charge in [0, 0.05) is 41.3 Å². The van der Waals surface area contributed by atoms with E-state index in [4.69, 9.17) is 4.74 Å². The van der Waals surface area contributed by atoms with E-state index in [2.05, 4.69) is 15.3 Å². The molecule has 9 heteroatoms. The van der Waals surface area contributed by atoms with Gasteiger partial charge in [-0.05, 0) is 49.4 Å². The summed E-state index contributed by atoms with van der Waals surface area (Å²) in [6, 6.07) is 17.3. The second-order valence-electron chi connectivity index (χ2n) is 7.38. The molecule has 2 aromatic heterocycles. The number of nitrogens with zero attached hydrogens (tertiary/aromatic N) is 3. The maximum Gasteiger partial charge on any atom is 0.420 e. The number of nitrogens with one attached hydrogen (secondary N) is 1. The van der Waals surface area contributed by atoms with Gasteiger partial charge in [-0.1, -0.05) is 18.2 Å². The summed E-state index contributed by atoms with van der Waals surface area (Å²) < 4.78 is 46.9. The average molecular weight is 485 g/mol. The van der Waals surface area contributed by atoms with Crippen LogP contribution in [0.15, 0.2) is 78.4 Å². The number of likely N-dealkylation sites (N-methyl/N-ethyl adjacent to an activating group) is 1. The topological polar surface area (TPSA) is 50.3 Å². The van der Waals surface area contributed by atoms with Crippen LogP contribution in [0.4, 0.5) is 29.7 Å². The van der Waals surface area contributed by atoms with E-state index >= 15 is 0 Å². The van der Waals surface area contributed by atoms with E-state index in [1.54, 1.807) is 24.5 Å². The van der Waals surface area contributed by atoms with Crippen LogP contribution in [0.2, 0.25) is 0 Å². The summed E-state index contributed by atoms with van der Waals surface area (Å²) in [6.45, 7) is 3.30. The third-order valence-corrected chi connectivity index (χ3v) is 5.88. The molecule has 1 N–H and O–H groups in total. The monoisotopic (exact) mass is 484 g/mol. The number of thiazole rings is 1. The summed E-state index contributed by atoms with van der Waals surface area (Å²) in [7, 11) is 0. The first kappa shape index (κ1) is 23.6. The molecule has 0 saturated carbocycles. The van der Waals surface area contributed by atoms with Crippen molar-refractivity contribution in [3.05, 3.63) is 84.0 Å². The third-order valence-electron chi connectivity index (χ3n) is 5.12. The lowest BCUT2D eigenvalue weighted by Crippen LogP contribution is -2.28. The van der Waals surface area contributed by atoms with Crippen LogP contribution >= 0.6 is 11.3 Å². The number of ether oxygens (including phenoxy) is 1. The van der Waals surface area contributed by atoms with Gasteiger partial charge in [-0.15, -0.1) is 11.3 Å². The first-order chi connectivity index (χ1) is 16.4. The number of anilines is 3. The van der Waals surface area contributed by atoms with Crippen molar-refractivity contribution < 1.29 is 17.9 Å². The highest BCUT2D eigenvalue weighted by Gasteiger charge is 2.35. The van der Waals surface area contributed by atoms with Crippen molar-refractivity contribution in [2.24, 2.45) is 0 Å². The molecule has 2 heterocycles. The summed E-state index contributed by atoms with van der Waals surface area (Å²) in [4.78, 5) is 10.6. The summed E-state index contributed by atoms with van der Waals surface area (Å²) in [5.41, 5.74) is 1.99. The molecule has 5 nitrogen and oxygen atoms in total. The first-order valence-corrected chi connectivity index (χ1v) is 11.6. The van der Waals surface area contributed by atoms with Crippen LogP contribution in [0.1, 0.15) is 12.5 Å². The Balaban J connectivity index is 1.46. The number of para-hydroxylation sites is 1. The molecule has 0 aliphatic rings. The molecule has 0 radical (unpaired) electrons. The molecule has 0 atom stereocenters. The summed E-state index contributed by atoms with van der Waals surface area (Å²) in [6.07, 6.45) is -1.20. The maximum atomic E-state index is 13.8. The number of alkyl halides is 3. The van der Waals surface area contributed by atoms with Crippen molar-refractivity contribution in [1.29, 1.82) is 0 Å². The fraction of sp³-hybridized carbons (Fsp3) is 0.200. The smallest absolute Gasteiger partial charge is 0.420 e. The van der Waals surface area contributed by atoms with Crippen LogP contribution in [0.5, 0.6) is 5.75 Å². The van der Waals surface area contributed by atoms with Crippen molar-refractivity contribution in [2.75, 3.05) is 29.9 Å². The highest BCUT2D eigenvalue weighted by atomic mass is 32.1. The number of aromatic nitrogens is 2. The number of hydrogen-bond donors (Lipinski definition) is 1. The quantitative estimate of drug-likeness (QED) is 0.281. The molecular weight excluding hydrogens is 461 g/mol. The Bertz CT molecular complexity index is 1200. The molecule has 0 fully saturated rings. The van der Waals surface area contributed by atoms with Gasteiger partial charge in [0.1, 0.15) is 12.4 Å². The molecule has 0 unspecified atom stereocenters. The van der Waals surface area contributed by atoms with Crippen molar-refractivity contribution in [3.63, 3.8) is 0 Å². The van der Waals surface area contributed by atoms with Crippen LogP contribution in [-0.4, -0.2) is 29.7 Å². The predicted octanol–water partition coefficient (Wildman–Crippen LogP) is 6.87. The van der Waals surface area contributed by atoms with Gasteiger partial charge in [0.25, 0.3) is 0 Å². The Hall–Kier alpha value is -3.59. The second-order valence-corrected chi connectivity index (χ2v) is 8.24. The zero-order chi connectivity index (χ0) is 24.0. The van der Waals surface area contributed by atoms with Crippen LogP contribution in [0.25, 0.3) is 11.3 Å². The van der Waals surface area contributed by atoms with Gasteiger partial charge >= 0.3 is 6.18 Å². The molecule has 4 aromatic rings. The molecule has 4 rings (SSSR count). The molecular formula is C25H23F3N4OS. The Morgan fingerprint density at radius 2 is 1.88 bits per heavy atom. The third kappa shape index (κ3) is 5.85. The van der Waals surface area contributed by atoms with Gasteiger partial charge < -0.3 is 15.0 Å². The largest absolute Gasteiger partial charge is 0.491 e. The highest BCUT2D eigenvalue weighted by Crippen LogP contribution is 2.39. The van der Waals surface area contributed by atoms with E-state index in [1.807, 2.05) is 53.6 Å². The van der Waals surface area contributed by atoms with Crippen LogP contribution < -0.4 is 15.0 Å². The molecule has 0 bridgehead atoms. The fourth-order valence-electron chi connectivity index (χ4n) is 3.43. The lowest BCUT2D eigenvalue weighted by Gasteiger charge is -2.23. The van der Waals surface area contributed by atoms with Crippen molar-refractivity contribution in [3.8, 4) is 17.0 Å². The minimum atomic E-state index is -4.55. The Labute approximate surface area is 199 Å². The number of halogens is 3. The summed E-state index contributed by atoms with van der Waals surface area (Å²) >= 11 is 1.31. The van der Waals surface area contributed by atoms with Crippen LogP contribution in [0.3, 0.4) is 0 Å². The van der Waals surface area contributed by atoms with Crippen molar-refractivity contribution in [2.45, 2.75) is 13.1 Å². The van der Waals surface area contributed by atoms with Crippen molar-refractivity contribution >= 4 is 27.8 Å². The van der Waals surface area contributed by atoms with Gasteiger partial charge in [0.05, 0.1) is 17.8 Å². The standard InChI is InChI=1S/C25H23F3N4OS/c1-2-32(20-8-4-3-5-9-20)13-14-33-23-11-10-19(15-21(23)25(26,27)28)30-24-31-22(17-34-24)18-7-6-12-29-16-18/h3-12,15-17H,2,13-14H2,1H3,(H,30,31). The Kier molecular flexibility index (Phi) is 7.32. The molecule has 34 heavy (non-hydrogen) atoms. The van der Waals surface area contributed by atoms with Gasteiger partial charge in [0.15, 0.2) is 5.13 Å². The van der Waals surface area contributed by atoms with Crippen LogP contribution in [0, 0.1) is 0 Å². The molecule has 0 aliphatic carbocycles. The van der Waals surface area contributed by atoms with E-state index in [-0.39, 0.29) is 18.0 Å². The Morgan fingerprint density at radius 3 is 2.59 bits per heavy atom. The molecule has 2 aromatic carbocycles. The van der Waals surface area contributed by atoms with Gasteiger partial charge in [-0.3, -0.25) is 4.98 Å². The average Bonchev–Trinajstić information content (AvgIpc) is 3.31. The highest BCUT2D eigenvalue weighted by molar-refractivity contribution is 7.14. The number of hydrogen-bond acceptors (Lipinski definition) is 6. The van der Waals surface area contributed by atoms with E-state index in [0.717, 1.165) is 23.9 Å². The molecule has 0 saturated heterocycles. The minimum Gasteiger partial charge on any atom is -0.491 e. The van der Waals surface area contributed by atoms with Gasteiger partial charge in [-0.2, -0.15) is 13.2 Å². The molecule has 176 valence electrons. The van der Waals surface area contributed by atoms with E-state index < -0.39 is 11.7 Å². The lowest BCUT2D eigenvalue weighted by atomic mass is 10.1. The summed E-state index contributed by atoms with van der Waals surface area (Å²) in [5, 5.41) is 5.28. The molecule has 0 spiro atoms. The zero-order valence-electron chi connectivity index (χ0n) is 18.4. The maximum absolute atomic E-state index is 13.8. The SMILES string of the molecule is CCN(CCOc1ccc(Nc2nc(-c3cccnc3)cs2)cc1C(F)(F)F)c1ccccc1. The van der Waals surface area contributed by atoms with Gasteiger partial charge in [-0.25, -0.2) is 4.98 Å². The number of pyridine rings is 1. The zero-order valence-corrected chi connectivity index (χ0v) is 19.2. The van der Waals surface area contributed by atoms with E-state index in [9.17, 15) is 13.2 Å². The molecule has 0 amide bonds. The number of benzene rings is 2. The number of rotatable bonds is 9. The van der Waals surface area contributed by atoms with Crippen LogP contribution in [-0.2, 0) is 6.18 Å². The van der Waals surface area contributed by atoms with Gasteiger partial charge in [0.2, 0.25) is 0 Å². The predicted molar refractivity (Wildman–Crippen MR) is 130 cm³/mol. The Morgan fingerprint density at radius 1 is 1.06 bits per heavy atom. The van der Waals surface area contributed by atoms with Crippen molar-refractivity contribution in [1.82, 2.24) is 9.97 Å². The summed E-state index contributed by atoms with van der Waals surface area (Å²) in [5.74, 6) is -0.197. The minimum absolute atomic E-state index is 0.125. The molecule has 0 aliphatic heterocycles. The van der Waals surface area contributed by atoms with E-state index in [1.165, 1.54) is 17.4 Å². The fourth-order valence-corrected chi connectivity index (χ4v) is 4.17. The normalized spacial score (nSPS) is 11.3. The van der Waals surface area contributed by atoms with E-state index in [0.29, 0.717) is 17.4 Å². The lowest BCUT2D eigenvalue weighted by molar-refractivity contribution is -0.138. The first-order valence-electron chi connectivity index (χ1n) is 10.7.